The van der Waals surface area contributed by atoms with Gasteiger partial charge in [0.1, 0.15) is 12.4 Å². The Labute approximate surface area is 225 Å². The third-order valence-corrected chi connectivity index (χ3v) is 10.6. The average molecular weight is 565 g/mol. The molecule has 0 unspecified atom stereocenters. The van der Waals surface area contributed by atoms with Crippen molar-refractivity contribution in [2.75, 3.05) is 59.5 Å². The number of carbonyl (C=O) groups excluding carboxylic acids is 1. The van der Waals surface area contributed by atoms with E-state index in [-0.39, 0.29) is 29.7 Å². The van der Waals surface area contributed by atoms with Gasteiger partial charge in [0.05, 0.1) is 17.2 Å². The Hall–Kier alpha value is -2.51. The van der Waals surface area contributed by atoms with Crippen LogP contribution in [0.3, 0.4) is 0 Å². The third kappa shape index (κ3) is 7.32. The number of hydrogen-bond acceptors (Lipinski definition) is 7. The van der Waals surface area contributed by atoms with E-state index in [1.54, 1.807) is 48.5 Å². The number of amides is 1. The smallest absolute Gasteiger partial charge is 0.251 e. The van der Waals surface area contributed by atoms with E-state index in [4.69, 9.17) is 4.74 Å². The van der Waals surface area contributed by atoms with Crippen LogP contribution in [-0.2, 0) is 25.8 Å². The molecule has 0 aliphatic carbocycles. The maximum atomic E-state index is 12.7. The highest BCUT2D eigenvalue weighted by molar-refractivity contribution is 7.89. The van der Waals surface area contributed by atoms with Crippen LogP contribution in [-0.4, -0.2) is 95.7 Å². The van der Waals surface area contributed by atoms with Crippen LogP contribution in [0.25, 0.3) is 0 Å². The second kappa shape index (κ2) is 12.6. The standard InChI is InChI=1S/C26H36N4O6S2/c1-28-16-18-29(19-17-28)37(32,33)21-22-5-7-23(8-6-22)26(31)27-13-20-36-24-9-11-25(12-10-24)38(34,35)30-14-3-2-4-15-30/h5-12H,2-4,13-21H2,1H3,(H,27,31). The summed E-state index contributed by atoms with van der Waals surface area (Å²) in [5.41, 5.74) is 1.06. The maximum Gasteiger partial charge on any atom is 0.251 e. The first-order valence-corrected chi connectivity index (χ1v) is 16.0. The summed E-state index contributed by atoms with van der Waals surface area (Å²) in [4.78, 5) is 14.8. The van der Waals surface area contributed by atoms with E-state index in [0.29, 0.717) is 56.1 Å². The Morgan fingerprint density at radius 2 is 1.45 bits per heavy atom. The molecule has 12 heteroatoms. The van der Waals surface area contributed by atoms with Crippen molar-refractivity contribution in [2.45, 2.75) is 29.9 Å². The highest BCUT2D eigenvalue weighted by Gasteiger charge is 2.27. The highest BCUT2D eigenvalue weighted by Crippen LogP contribution is 2.22. The number of sulfonamides is 2. The molecule has 2 heterocycles. The molecule has 1 N–H and O–H groups in total. The van der Waals surface area contributed by atoms with E-state index in [1.165, 1.54) is 8.61 Å². The largest absolute Gasteiger partial charge is 0.492 e. The van der Waals surface area contributed by atoms with Gasteiger partial charge in [-0.3, -0.25) is 4.79 Å². The van der Waals surface area contributed by atoms with Crippen molar-refractivity contribution in [3.05, 3.63) is 59.7 Å². The minimum Gasteiger partial charge on any atom is -0.492 e. The summed E-state index contributed by atoms with van der Waals surface area (Å²) in [6.07, 6.45) is 2.83. The van der Waals surface area contributed by atoms with Gasteiger partial charge in [-0.05, 0) is 61.9 Å². The normalized spacial score (nSPS) is 18.2. The van der Waals surface area contributed by atoms with Crippen molar-refractivity contribution in [2.24, 2.45) is 0 Å². The zero-order chi connectivity index (χ0) is 27.2. The van der Waals surface area contributed by atoms with Crippen molar-refractivity contribution < 1.29 is 26.4 Å². The fourth-order valence-electron chi connectivity index (χ4n) is 4.52. The second-order valence-electron chi connectivity index (χ2n) is 9.70. The van der Waals surface area contributed by atoms with Crippen molar-refractivity contribution in [3.63, 3.8) is 0 Å². The Morgan fingerprint density at radius 3 is 2.08 bits per heavy atom. The van der Waals surface area contributed by atoms with Crippen LogP contribution in [0.2, 0.25) is 0 Å². The topological polar surface area (TPSA) is 116 Å². The monoisotopic (exact) mass is 564 g/mol. The van der Waals surface area contributed by atoms with Gasteiger partial charge in [-0.15, -0.1) is 0 Å². The number of likely N-dealkylation sites (N-methyl/N-ethyl adjacent to an activating group) is 1. The first-order valence-electron chi connectivity index (χ1n) is 12.9. The molecule has 2 aromatic rings. The Balaban J connectivity index is 1.21. The lowest BCUT2D eigenvalue weighted by Gasteiger charge is -2.31. The number of piperazine rings is 1. The van der Waals surface area contributed by atoms with Crippen molar-refractivity contribution >= 4 is 26.0 Å². The number of hydrogen-bond donors (Lipinski definition) is 1. The summed E-state index contributed by atoms with van der Waals surface area (Å²) in [7, 11) is -4.91. The molecule has 10 nitrogen and oxygen atoms in total. The van der Waals surface area contributed by atoms with Crippen LogP contribution < -0.4 is 10.1 Å². The molecule has 2 aliphatic heterocycles. The van der Waals surface area contributed by atoms with Gasteiger partial charge >= 0.3 is 0 Å². The van der Waals surface area contributed by atoms with E-state index in [9.17, 15) is 21.6 Å². The summed E-state index contributed by atoms with van der Waals surface area (Å²) in [5, 5.41) is 2.77. The molecule has 0 bridgehead atoms. The molecule has 2 fully saturated rings. The van der Waals surface area contributed by atoms with Crippen LogP contribution >= 0.6 is 0 Å². The maximum absolute atomic E-state index is 12.7. The van der Waals surface area contributed by atoms with Crippen LogP contribution in [0.5, 0.6) is 5.75 Å². The number of carbonyl (C=O) groups is 1. The number of nitrogens with zero attached hydrogens (tertiary/aromatic N) is 3. The summed E-state index contributed by atoms with van der Waals surface area (Å²) < 4.78 is 59.6. The predicted molar refractivity (Wildman–Crippen MR) is 145 cm³/mol. The van der Waals surface area contributed by atoms with Gasteiger partial charge in [0, 0.05) is 44.8 Å². The Bertz CT molecular complexity index is 1280. The molecule has 38 heavy (non-hydrogen) atoms. The molecular formula is C26H36N4O6S2. The fourth-order valence-corrected chi connectivity index (χ4v) is 7.55. The van der Waals surface area contributed by atoms with Crippen molar-refractivity contribution in [1.29, 1.82) is 0 Å². The molecule has 2 saturated heterocycles. The van der Waals surface area contributed by atoms with E-state index < -0.39 is 20.0 Å². The lowest BCUT2D eigenvalue weighted by molar-refractivity contribution is 0.0947. The quantitative estimate of drug-likeness (QED) is 0.437. The van der Waals surface area contributed by atoms with Gasteiger partial charge in [-0.2, -0.15) is 8.61 Å². The van der Waals surface area contributed by atoms with Crippen LogP contribution in [0, 0.1) is 0 Å². The van der Waals surface area contributed by atoms with E-state index in [2.05, 4.69) is 10.2 Å². The van der Waals surface area contributed by atoms with Gasteiger partial charge in [-0.1, -0.05) is 18.6 Å². The molecule has 2 aromatic carbocycles. The van der Waals surface area contributed by atoms with Crippen molar-refractivity contribution in [3.8, 4) is 5.75 Å². The predicted octanol–water partition coefficient (Wildman–Crippen LogP) is 1.75. The van der Waals surface area contributed by atoms with Gasteiger partial charge in [0.15, 0.2) is 0 Å². The van der Waals surface area contributed by atoms with Crippen LogP contribution in [0.15, 0.2) is 53.4 Å². The first kappa shape index (κ1) is 28.5. The fraction of sp³-hybridized carbons (Fsp3) is 0.500. The zero-order valence-electron chi connectivity index (χ0n) is 21.7. The number of ether oxygens (including phenoxy) is 1. The molecule has 0 atom stereocenters. The van der Waals surface area contributed by atoms with E-state index >= 15 is 0 Å². The highest BCUT2D eigenvalue weighted by atomic mass is 32.2. The average Bonchev–Trinajstić information content (AvgIpc) is 2.92. The van der Waals surface area contributed by atoms with E-state index in [0.717, 1.165) is 19.3 Å². The number of benzene rings is 2. The summed E-state index contributed by atoms with van der Waals surface area (Å²) in [5.74, 6) is 0.137. The molecule has 0 saturated carbocycles. The van der Waals surface area contributed by atoms with Crippen LogP contribution in [0.1, 0.15) is 35.2 Å². The van der Waals surface area contributed by atoms with Gasteiger partial charge in [-0.25, -0.2) is 16.8 Å². The molecule has 0 radical (unpaired) electrons. The molecule has 208 valence electrons. The summed E-state index contributed by atoms with van der Waals surface area (Å²) >= 11 is 0. The third-order valence-electron chi connectivity index (χ3n) is 6.85. The van der Waals surface area contributed by atoms with Gasteiger partial charge in [0.25, 0.3) is 5.91 Å². The summed E-state index contributed by atoms with van der Waals surface area (Å²) in [6, 6.07) is 12.9. The second-order valence-corrected chi connectivity index (χ2v) is 13.6. The molecule has 0 spiro atoms. The molecule has 0 aromatic heterocycles. The molecule has 1 amide bonds. The zero-order valence-corrected chi connectivity index (χ0v) is 23.3. The minimum absolute atomic E-state index is 0.0927. The summed E-state index contributed by atoms with van der Waals surface area (Å²) in [6.45, 7) is 3.99. The Kier molecular flexibility index (Phi) is 9.42. The van der Waals surface area contributed by atoms with Crippen LogP contribution in [0.4, 0.5) is 0 Å². The first-order chi connectivity index (χ1) is 18.1. The van der Waals surface area contributed by atoms with E-state index in [1.807, 2.05) is 7.05 Å². The van der Waals surface area contributed by atoms with Crippen molar-refractivity contribution in [1.82, 2.24) is 18.8 Å². The van der Waals surface area contributed by atoms with Gasteiger partial charge < -0.3 is 15.0 Å². The molecule has 2 aliphatic rings. The number of nitrogens with one attached hydrogen (secondary N) is 1. The lowest BCUT2D eigenvalue weighted by Crippen LogP contribution is -2.47. The molecular weight excluding hydrogens is 528 g/mol. The minimum atomic E-state index is -3.48. The number of piperidine rings is 1. The lowest BCUT2D eigenvalue weighted by atomic mass is 10.1. The molecule has 4 rings (SSSR count). The SMILES string of the molecule is CN1CCN(S(=O)(=O)Cc2ccc(C(=O)NCCOc3ccc(S(=O)(=O)N4CCCCC4)cc3)cc2)CC1. The van der Waals surface area contributed by atoms with Gasteiger partial charge in [0.2, 0.25) is 20.0 Å². The Morgan fingerprint density at radius 1 is 0.816 bits per heavy atom. The number of rotatable bonds is 10.